The van der Waals surface area contributed by atoms with Crippen LogP contribution in [0.5, 0.6) is 0 Å². The van der Waals surface area contributed by atoms with Gasteiger partial charge in [-0.15, -0.1) is 0 Å². The minimum absolute atomic E-state index is 2.86. The Hall–Kier alpha value is 0.0369. The molecule has 0 heterocycles. The van der Waals surface area contributed by atoms with Gasteiger partial charge in [0.25, 0.3) is 0 Å². The Kier molecular flexibility index (Phi) is 2.35. The summed E-state index contributed by atoms with van der Waals surface area (Å²) in [7, 11) is -11.8. The van der Waals surface area contributed by atoms with E-state index in [0.717, 1.165) is 0 Å². The molecular formula is H4O6S2Si. The van der Waals surface area contributed by atoms with E-state index in [1.807, 2.05) is 0 Å². The van der Waals surface area contributed by atoms with E-state index >= 15 is 0 Å². The molecule has 0 spiro atoms. The van der Waals surface area contributed by atoms with Gasteiger partial charge in [-0.05, 0) is 0 Å². The van der Waals surface area contributed by atoms with E-state index in [2.05, 4.69) is 0 Å². The molecule has 6 nitrogen and oxygen atoms in total. The van der Waals surface area contributed by atoms with E-state index in [-0.39, 0.29) is 0 Å². The molecule has 0 unspecified atom stereocenters. The van der Waals surface area contributed by atoms with Crippen molar-refractivity contribution in [1.82, 2.24) is 0 Å². The third-order valence-corrected chi connectivity index (χ3v) is 8.04. The van der Waals surface area contributed by atoms with Gasteiger partial charge in [0.1, 0.15) is 0 Å². The van der Waals surface area contributed by atoms with Crippen LogP contribution in [0.25, 0.3) is 0 Å². The van der Waals surface area contributed by atoms with Crippen molar-refractivity contribution < 1.29 is 25.9 Å². The van der Waals surface area contributed by atoms with Crippen molar-refractivity contribution in [3.63, 3.8) is 0 Å². The van der Waals surface area contributed by atoms with E-state index in [0.29, 0.717) is 0 Å². The van der Waals surface area contributed by atoms with Crippen LogP contribution in [0.1, 0.15) is 0 Å². The summed E-state index contributed by atoms with van der Waals surface area (Å²) in [4.78, 5) is 0. The molecule has 0 aliphatic carbocycles. The van der Waals surface area contributed by atoms with Crippen molar-refractivity contribution >= 4 is 27.0 Å². The monoisotopic (exact) mass is 192 g/mol. The Balaban J connectivity index is 4.46. The maximum absolute atomic E-state index is 9.72. The summed E-state index contributed by atoms with van der Waals surface area (Å²) in [6.07, 6.45) is 0. The molecule has 0 fully saturated rings. The summed E-state index contributed by atoms with van der Waals surface area (Å²) < 4.78 is 54.6. The third kappa shape index (κ3) is 8.04. The van der Waals surface area contributed by atoms with Crippen molar-refractivity contribution in [2.75, 3.05) is 0 Å². The summed E-state index contributed by atoms with van der Waals surface area (Å²) in [6.45, 7) is 0. The minimum atomic E-state index is -4.48. The van der Waals surface area contributed by atoms with Gasteiger partial charge in [-0.25, -0.2) is 16.8 Å². The first-order chi connectivity index (χ1) is 3.71. The first-order valence-corrected chi connectivity index (χ1v) is 8.29. The van der Waals surface area contributed by atoms with E-state index in [9.17, 15) is 16.8 Å². The molecule has 0 rings (SSSR count). The largest absolute Gasteiger partial charge is 0.367 e. The van der Waals surface area contributed by atoms with E-state index < -0.39 is 27.0 Å². The highest BCUT2D eigenvalue weighted by atomic mass is 32.6. The predicted molar refractivity (Wildman–Crippen MR) is 31.6 cm³/mol. The van der Waals surface area contributed by atoms with Crippen LogP contribution in [-0.2, 0) is 19.1 Å². The molecule has 0 aromatic rings. The zero-order valence-corrected chi connectivity index (χ0v) is 7.10. The maximum atomic E-state index is 9.72. The Morgan fingerprint density at radius 1 is 0.889 bits per heavy atom. The predicted octanol–water partition coefficient (Wildman–Crippen LogP) is -2.24. The molecule has 0 aliphatic rings. The van der Waals surface area contributed by atoms with Gasteiger partial charge in [0, 0.05) is 0 Å². The van der Waals surface area contributed by atoms with Gasteiger partial charge < -0.3 is 0 Å². The van der Waals surface area contributed by atoms with Crippen molar-refractivity contribution in [2.45, 2.75) is 0 Å². The molecule has 0 amide bonds. The molecule has 0 bridgehead atoms. The zero-order chi connectivity index (χ0) is 7.71. The Bertz CT molecular complexity index is 236. The molecule has 0 aromatic heterocycles. The molecule has 0 atom stereocenters. The van der Waals surface area contributed by atoms with Crippen LogP contribution in [0.3, 0.4) is 0 Å². The van der Waals surface area contributed by atoms with Crippen LogP contribution in [0.4, 0.5) is 0 Å². The lowest BCUT2D eigenvalue weighted by molar-refractivity contribution is 0.495. The highest BCUT2D eigenvalue weighted by molar-refractivity contribution is 8.39. The van der Waals surface area contributed by atoms with Crippen LogP contribution < -0.4 is 0 Å². The van der Waals surface area contributed by atoms with Gasteiger partial charge in [-0.3, -0.25) is 9.11 Å². The fraction of sp³-hybridized carbons (Fsp3) is 0. The average Bonchev–Trinajstić information content (AvgIpc) is 1.14. The molecule has 9 heteroatoms. The Labute approximate surface area is 53.5 Å². The van der Waals surface area contributed by atoms with Gasteiger partial charge >= 0.3 is 7.82 Å². The number of hydrogen-bond donors (Lipinski definition) is 2. The second-order valence-corrected chi connectivity index (χ2v) is 11.1. The summed E-state index contributed by atoms with van der Waals surface area (Å²) in [5.74, 6) is 0. The summed E-state index contributed by atoms with van der Waals surface area (Å²) in [5, 5.41) is 0. The van der Waals surface area contributed by atoms with Crippen LogP contribution in [0.15, 0.2) is 0 Å². The minimum Gasteiger partial charge on any atom is -0.291 e. The molecule has 0 radical (unpaired) electrons. The van der Waals surface area contributed by atoms with E-state index in [1.54, 1.807) is 0 Å². The summed E-state index contributed by atoms with van der Waals surface area (Å²) in [6, 6.07) is 0. The summed E-state index contributed by atoms with van der Waals surface area (Å²) >= 11 is 0. The molecule has 2 N–H and O–H groups in total. The van der Waals surface area contributed by atoms with Crippen molar-refractivity contribution in [3.8, 4) is 0 Å². The van der Waals surface area contributed by atoms with Crippen molar-refractivity contribution in [1.29, 1.82) is 0 Å². The van der Waals surface area contributed by atoms with Crippen LogP contribution >= 0.6 is 0 Å². The average molecular weight is 192 g/mol. The smallest absolute Gasteiger partial charge is 0.291 e. The first-order valence-electron chi connectivity index (χ1n) is 1.61. The third-order valence-electron chi connectivity index (χ3n) is 0.298. The fourth-order valence-electron chi connectivity index (χ4n) is 0.188. The normalized spacial score (nSPS) is 13.6. The quantitative estimate of drug-likeness (QED) is 0.378. The van der Waals surface area contributed by atoms with E-state index in [1.165, 1.54) is 0 Å². The molecule has 9 heavy (non-hydrogen) atoms. The van der Waals surface area contributed by atoms with Crippen LogP contribution in [0.2, 0.25) is 0 Å². The first kappa shape index (κ1) is 9.04. The Morgan fingerprint density at radius 2 is 1.11 bits per heavy atom. The highest BCUT2D eigenvalue weighted by Crippen LogP contribution is 1.84. The number of hydrogen-bond acceptors (Lipinski definition) is 4. The van der Waals surface area contributed by atoms with Gasteiger partial charge in [0.2, 0.25) is 19.1 Å². The molecule has 56 valence electrons. The SMILES string of the molecule is O=S(=O)(O)[SiH2]S(=O)(=O)O. The topological polar surface area (TPSA) is 109 Å². The number of rotatable bonds is 2. The van der Waals surface area contributed by atoms with Gasteiger partial charge in [0.15, 0.2) is 0 Å². The standard InChI is InChI=1S/H4O6S2Si/c1-7(2,3)9-8(4,5)6/h9H2,(H,1,2,3)(H,4,5,6). The molecular weight excluding hydrogens is 188 g/mol. The van der Waals surface area contributed by atoms with Gasteiger partial charge in [0.05, 0.1) is 0 Å². The van der Waals surface area contributed by atoms with Crippen LogP contribution in [0, 0.1) is 0 Å². The molecule has 0 saturated carbocycles. The van der Waals surface area contributed by atoms with Gasteiger partial charge in [-0.2, -0.15) is 0 Å². The molecule has 0 aromatic carbocycles. The maximum Gasteiger partial charge on any atom is 0.367 e. The van der Waals surface area contributed by atoms with Gasteiger partial charge in [-0.1, -0.05) is 0 Å². The molecule has 0 saturated heterocycles. The summed E-state index contributed by atoms with van der Waals surface area (Å²) in [5.41, 5.74) is 0. The lowest BCUT2D eigenvalue weighted by Crippen LogP contribution is -2.18. The zero-order valence-electron chi connectivity index (χ0n) is 4.05. The van der Waals surface area contributed by atoms with Crippen LogP contribution in [-0.4, -0.2) is 33.8 Å². The van der Waals surface area contributed by atoms with E-state index in [4.69, 9.17) is 9.11 Å². The lowest BCUT2D eigenvalue weighted by atomic mass is 15.9. The van der Waals surface area contributed by atoms with Crippen molar-refractivity contribution in [2.24, 2.45) is 0 Å². The second-order valence-electron chi connectivity index (χ2n) is 1.28. The lowest BCUT2D eigenvalue weighted by Gasteiger charge is -1.88. The fourth-order valence-corrected chi connectivity index (χ4v) is 5.08. The molecule has 0 aliphatic heterocycles. The van der Waals surface area contributed by atoms with Crippen molar-refractivity contribution in [3.05, 3.63) is 0 Å². The Morgan fingerprint density at radius 3 is 1.11 bits per heavy atom. The highest BCUT2D eigenvalue weighted by Gasteiger charge is 2.18. The second kappa shape index (κ2) is 2.34.